The van der Waals surface area contributed by atoms with Gasteiger partial charge in [-0.05, 0) is 43.7 Å². The Hall–Kier alpha value is -3.51. The highest BCUT2D eigenvalue weighted by Crippen LogP contribution is 2.50. The number of amides is 1. The topological polar surface area (TPSA) is 105 Å². The molecule has 9 nitrogen and oxygen atoms in total. The van der Waals surface area contributed by atoms with Crippen LogP contribution in [0.1, 0.15) is 49.6 Å². The van der Waals surface area contributed by atoms with Gasteiger partial charge in [-0.1, -0.05) is 24.2 Å². The Labute approximate surface area is 223 Å². The van der Waals surface area contributed by atoms with Crippen LogP contribution in [0.25, 0.3) is 11.4 Å². The van der Waals surface area contributed by atoms with Crippen LogP contribution in [0.3, 0.4) is 0 Å². The molecule has 0 aliphatic carbocycles. The third-order valence-electron chi connectivity index (χ3n) is 7.76. The van der Waals surface area contributed by atoms with Crippen molar-refractivity contribution in [1.82, 2.24) is 24.9 Å². The average molecular weight is 546 g/mol. The number of benzene rings is 1. The van der Waals surface area contributed by atoms with Crippen molar-refractivity contribution in [2.75, 3.05) is 33.2 Å². The molecule has 1 N–H and O–H groups in total. The number of hydrogen-bond acceptors (Lipinski definition) is 8. The molecule has 0 spiro atoms. The summed E-state index contributed by atoms with van der Waals surface area (Å²) in [5.41, 5.74) is -0.818. The summed E-state index contributed by atoms with van der Waals surface area (Å²) in [5, 5.41) is 16.4. The molecule has 2 fully saturated rings. The van der Waals surface area contributed by atoms with Gasteiger partial charge < -0.3 is 24.2 Å². The van der Waals surface area contributed by atoms with Gasteiger partial charge in [0, 0.05) is 68.0 Å². The zero-order valence-electron chi connectivity index (χ0n) is 21.9. The number of pyridine rings is 1. The molecule has 1 aromatic carbocycles. The predicted molar refractivity (Wildman–Crippen MR) is 133 cm³/mol. The van der Waals surface area contributed by atoms with Crippen molar-refractivity contribution in [2.45, 2.75) is 44.6 Å². The molecule has 3 aromatic rings. The van der Waals surface area contributed by atoms with E-state index >= 15 is 0 Å². The molecule has 208 valence electrons. The molecule has 2 aliphatic rings. The molecule has 0 radical (unpaired) electrons. The van der Waals surface area contributed by atoms with E-state index in [2.05, 4.69) is 19.9 Å². The fourth-order valence-electron chi connectivity index (χ4n) is 5.86. The fourth-order valence-corrected chi connectivity index (χ4v) is 5.86. The highest BCUT2D eigenvalue weighted by molar-refractivity contribution is 5.73. The first-order valence-corrected chi connectivity index (χ1v) is 12.7. The summed E-state index contributed by atoms with van der Waals surface area (Å²) in [6, 6.07) is 7.01. The normalized spacial score (nSPS) is 19.8. The van der Waals surface area contributed by atoms with E-state index in [0.717, 1.165) is 12.8 Å². The van der Waals surface area contributed by atoms with Gasteiger partial charge in [-0.15, -0.1) is 13.2 Å². The minimum absolute atomic E-state index is 0.0387. The number of nitrogens with zero attached hydrogens (tertiary/aromatic N) is 5. The van der Waals surface area contributed by atoms with E-state index in [9.17, 15) is 23.1 Å². The second-order valence-electron chi connectivity index (χ2n) is 10.7. The van der Waals surface area contributed by atoms with Gasteiger partial charge in [0.05, 0.1) is 0 Å². The number of alkyl halides is 3. The molecule has 2 aliphatic heterocycles. The molecule has 12 heteroatoms. The molecule has 1 amide bonds. The average Bonchev–Trinajstić information content (AvgIpc) is 3.37. The number of ether oxygens (including phenoxy) is 1. The van der Waals surface area contributed by atoms with Crippen molar-refractivity contribution in [1.29, 1.82) is 0 Å². The second-order valence-corrected chi connectivity index (χ2v) is 10.7. The lowest BCUT2D eigenvalue weighted by Gasteiger charge is -2.55. The standard InChI is InChI=1S/C27H30F3N5O4/c1-17(36)35-10-8-18(9-11-35)24-32-23(33-39-24)19-12-21(14-31-13-19)26(37,25(2)15-34(3)16-25)20-4-6-22(7-5-20)38-27(28,29)30/h4-7,12-14,18,37H,8-11,15-16H2,1-3H3/t26-/m0/s1. The van der Waals surface area contributed by atoms with Crippen LogP contribution in [0.2, 0.25) is 0 Å². The van der Waals surface area contributed by atoms with Gasteiger partial charge in [0.1, 0.15) is 11.4 Å². The van der Waals surface area contributed by atoms with Gasteiger partial charge in [0.2, 0.25) is 17.6 Å². The van der Waals surface area contributed by atoms with Crippen molar-refractivity contribution in [3.8, 4) is 17.1 Å². The van der Waals surface area contributed by atoms with E-state index < -0.39 is 17.4 Å². The summed E-state index contributed by atoms with van der Waals surface area (Å²) in [6.45, 7) is 5.85. The predicted octanol–water partition coefficient (Wildman–Crippen LogP) is 3.94. The Bertz CT molecular complexity index is 1330. The van der Waals surface area contributed by atoms with Crippen molar-refractivity contribution in [3.05, 3.63) is 59.7 Å². The van der Waals surface area contributed by atoms with E-state index in [4.69, 9.17) is 4.52 Å². The molecule has 2 aromatic heterocycles. The van der Waals surface area contributed by atoms with Crippen molar-refractivity contribution >= 4 is 5.91 Å². The molecule has 4 heterocycles. The van der Waals surface area contributed by atoms with Gasteiger partial charge in [-0.25, -0.2) is 0 Å². The van der Waals surface area contributed by atoms with E-state index in [1.165, 1.54) is 24.3 Å². The third-order valence-corrected chi connectivity index (χ3v) is 7.76. The first-order chi connectivity index (χ1) is 18.4. The number of likely N-dealkylation sites (tertiary alicyclic amines) is 2. The highest BCUT2D eigenvalue weighted by atomic mass is 19.4. The van der Waals surface area contributed by atoms with Crippen molar-refractivity contribution < 1.29 is 32.3 Å². The quantitative estimate of drug-likeness (QED) is 0.497. The lowest BCUT2D eigenvalue weighted by Crippen LogP contribution is -2.63. The second kappa shape index (κ2) is 9.91. The Kier molecular flexibility index (Phi) is 6.88. The number of rotatable bonds is 6. The maximum atomic E-state index is 12.7. The van der Waals surface area contributed by atoms with Crippen LogP contribution >= 0.6 is 0 Å². The van der Waals surface area contributed by atoms with Crippen molar-refractivity contribution in [2.24, 2.45) is 5.41 Å². The zero-order valence-corrected chi connectivity index (χ0v) is 21.9. The first-order valence-electron chi connectivity index (χ1n) is 12.7. The van der Waals surface area contributed by atoms with Gasteiger partial charge in [0.25, 0.3) is 0 Å². The highest BCUT2D eigenvalue weighted by Gasteiger charge is 2.55. The van der Waals surface area contributed by atoms with E-state index in [1.807, 2.05) is 18.9 Å². The molecule has 2 saturated heterocycles. The maximum Gasteiger partial charge on any atom is 0.573 e. The maximum absolute atomic E-state index is 12.7. The number of piperidine rings is 1. The smallest absolute Gasteiger partial charge is 0.406 e. The summed E-state index contributed by atoms with van der Waals surface area (Å²) in [5.74, 6) is 0.521. The van der Waals surface area contributed by atoms with Crippen molar-refractivity contribution in [3.63, 3.8) is 0 Å². The molecule has 1 atom stereocenters. The SMILES string of the molecule is CC(=O)N1CCC(c2nc(-c3cncc([C@@](O)(c4ccc(OC(F)(F)F)cc4)C4(C)CN(C)C4)c3)no2)CC1. The minimum atomic E-state index is -4.81. The number of aliphatic hydroxyl groups is 1. The lowest BCUT2D eigenvalue weighted by molar-refractivity contribution is -0.274. The third kappa shape index (κ3) is 5.22. The zero-order chi connectivity index (χ0) is 28.0. The van der Waals surface area contributed by atoms with Crippen LogP contribution in [0.15, 0.2) is 47.2 Å². The molecular weight excluding hydrogens is 515 g/mol. The molecule has 0 unspecified atom stereocenters. The van der Waals surface area contributed by atoms with Crippen LogP contribution in [-0.4, -0.2) is 75.5 Å². The number of halogens is 3. The van der Waals surface area contributed by atoms with Crippen LogP contribution < -0.4 is 4.74 Å². The van der Waals surface area contributed by atoms with E-state index in [-0.39, 0.29) is 17.6 Å². The summed E-state index contributed by atoms with van der Waals surface area (Å²) in [6.07, 6.45) is -0.247. The molecule has 0 saturated carbocycles. The van der Waals surface area contributed by atoms with Gasteiger partial charge in [-0.3, -0.25) is 9.78 Å². The van der Waals surface area contributed by atoms with Gasteiger partial charge in [-0.2, -0.15) is 4.98 Å². The Morgan fingerprint density at radius 1 is 1.13 bits per heavy atom. The first kappa shape index (κ1) is 27.1. The van der Waals surface area contributed by atoms with E-state index in [1.54, 1.807) is 30.3 Å². The van der Waals surface area contributed by atoms with Gasteiger partial charge >= 0.3 is 6.36 Å². The van der Waals surface area contributed by atoms with E-state index in [0.29, 0.717) is 54.6 Å². The number of hydrogen-bond donors (Lipinski definition) is 1. The number of aromatic nitrogens is 3. The van der Waals surface area contributed by atoms with Crippen LogP contribution in [0.5, 0.6) is 5.75 Å². The minimum Gasteiger partial charge on any atom is -0.406 e. The Balaban J connectivity index is 1.45. The largest absolute Gasteiger partial charge is 0.573 e. The van der Waals surface area contributed by atoms with Crippen LogP contribution in [-0.2, 0) is 10.4 Å². The Morgan fingerprint density at radius 3 is 2.38 bits per heavy atom. The molecule has 39 heavy (non-hydrogen) atoms. The molecule has 5 rings (SSSR count). The molecular formula is C27H30F3N5O4. The van der Waals surface area contributed by atoms with Crippen LogP contribution in [0, 0.1) is 5.41 Å². The summed E-state index contributed by atoms with van der Waals surface area (Å²) >= 11 is 0. The number of carbonyl (C=O) groups excluding carboxylic acids is 1. The Morgan fingerprint density at radius 2 is 1.79 bits per heavy atom. The summed E-state index contributed by atoms with van der Waals surface area (Å²) in [4.78, 5) is 24.4. The summed E-state index contributed by atoms with van der Waals surface area (Å²) in [7, 11) is 1.93. The fraction of sp³-hybridized carbons (Fsp3) is 0.481. The summed E-state index contributed by atoms with van der Waals surface area (Å²) < 4.78 is 47.7. The van der Waals surface area contributed by atoms with Crippen LogP contribution in [0.4, 0.5) is 13.2 Å². The number of carbonyl (C=O) groups is 1. The monoisotopic (exact) mass is 545 g/mol. The lowest BCUT2D eigenvalue weighted by atomic mass is 9.62. The van der Waals surface area contributed by atoms with Gasteiger partial charge in [0.15, 0.2) is 0 Å². The molecule has 0 bridgehead atoms.